The summed E-state index contributed by atoms with van der Waals surface area (Å²) in [6.45, 7) is 5.84. The van der Waals surface area contributed by atoms with Gasteiger partial charge in [-0.25, -0.2) is 0 Å². The lowest BCUT2D eigenvalue weighted by molar-refractivity contribution is -0.157. The van der Waals surface area contributed by atoms with Crippen LogP contribution in [0.25, 0.3) is 0 Å². The quantitative estimate of drug-likeness (QED) is 0.619. The molecule has 5 atom stereocenters. The van der Waals surface area contributed by atoms with Crippen molar-refractivity contribution in [3.8, 4) is 0 Å². The SMILES string of the molecule is CNC(=O)[C@@H]1O[C@H](CN)[C@H](C)[C@@H](C)[C@@H]1NC(C)=O. The Morgan fingerprint density at radius 1 is 1.28 bits per heavy atom. The average Bonchev–Trinajstić information content (AvgIpc) is 2.34. The van der Waals surface area contributed by atoms with E-state index < -0.39 is 6.10 Å². The Balaban J connectivity index is 2.93. The van der Waals surface area contributed by atoms with Gasteiger partial charge in [-0.1, -0.05) is 13.8 Å². The maximum absolute atomic E-state index is 11.8. The summed E-state index contributed by atoms with van der Waals surface area (Å²) in [6.07, 6.45) is -0.842. The molecule has 104 valence electrons. The van der Waals surface area contributed by atoms with Crippen molar-refractivity contribution in [3.63, 3.8) is 0 Å². The molecule has 1 aliphatic heterocycles. The number of amides is 2. The molecule has 0 aromatic rings. The van der Waals surface area contributed by atoms with Crippen LogP contribution in [0.3, 0.4) is 0 Å². The molecule has 1 aliphatic rings. The maximum atomic E-state index is 11.8. The van der Waals surface area contributed by atoms with Crippen molar-refractivity contribution >= 4 is 11.8 Å². The number of nitrogens with one attached hydrogen (secondary N) is 2. The Morgan fingerprint density at radius 2 is 1.89 bits per heavy atom. The van der Waals surface area contributed by atoms with Gasteiger partial charge in [-0.05, 0) is 11.8 Å². The average molecular weight is 257 g/mol. The first-order valence-electron chi connectivity index (χ1n) is 6.26. The van der Waals surface area contributed by atoms with Crippen LogP contribution in [0.4, 0.5) is 0 Å². The van der Waals surface area contributed by atoms with Crippen molar-refractivity contribution in [3.05, 3.63) is 0 Å². The van der Waals surface area contributed by atoms with E-state index in [2.05, 4.69) is 10.6 Å². The van der Waals surface area contributed by atoms with Gasteiger partial charge in [0.1, 0.15) is 0 Å². The van der Waals surface area contributed by atoms with Crippen LogP contribution in [0.5, 0.6) is 0 Å². The highest BCUT2D eigenvalue weighted by Crippen LogP contribution is 2.30. The fraction of sp³-hybridized carbons (Fsp3) is 0.833. The summed E-state index contributed by atoms with van der Waals surface area (Å²) in [7, 11) is 1.55. The summed E-state index contributed by atoms with van der Waals surface area (Å²) in [5.74, 6) is -0.0834. The molecular formula is C12H23N3O3. The minimum absolute atomic E-state index is 0.124. The number of hydrogen-bond acceptors (Lipinski definition) is 4. The lowest BCUT2D eigenvalue weighted by Gasteiger charge is -2.44. The van der Waals surface area contributed by atoms with Crippen LogP contribution in [0.1, 0.15) is 20.8 Å². The molecule has 0 aliphatic carbocycles. The smallest absolute Gasteiger partial charge is 0.251 e. The third-order valence-electron chi connectivity index (χ3n) is 3.74. The van der Waals surface area contributed by atoms with E-state index in [0.29, 0.717) is 6.54 Å². The topological polar surface area (TPSA) is 93.4 Å². The minimum atomic E-state index is -0.682. The van der Waals surface area contributed by atoms with Gasteiger partial charge in [0.2, 0.25) is 5.91 Å². The summed E-state index contributed by atoms with van der Waals surface area (Å²) < 4.78 is 5.73. The molecule has 0 unspecified atom stereocenters. The summed E-state index contributed by atoms with van der Waals surface area (Å²) in [4.78, 5) is 23.1. The molecule has 1 fully saturated rings. The van der Waals surface area contributed by atoms with Crippen LogP contribution >= 0.6 is 0 Å². The summed E-state index contributed by atoms with van der Waals surface area (Å²) in [6, 6.07) is -0.319. The number of ether oxygens (including phenoxy) is 1. The molecule has 18 heavy (non-hydrogen) atoms. The van der Waals surface area contributed by atoms with Crippen molar-refractivity contribution < 1.29 is 14.3 Å². The molecule has 2 amide bonds. The van der Waals surface area contributed by atoms with Gasteiger partial charge < -0.3 is 21.1 Å². The molecular weight excluding hydrogens is 234 g/mol. The second kappa shape index (κ2) is 6.15. The zero-order valence-corrected chi connectivity index (χ0v) is 11.4. The minimum Gasteiger partial charge on any atom is -0.361 e. The Labute approximate surface area is 108 Å². The van der Waals surface area contributed by atoms with Crippen LogP contribution in [0.15, 0.2) is 0 Å². The Kier molecular flexibility index (Phi) is 5.10. The van der Waals surface area contributed by atoms with Crippen molar-refractivity contribution in [2.24, 2.45) is 17.6 Å². The third-order valence-corrected chi connectivity index (χ3v) is 3.74. The molecule has 6 heteroatoms. The molecule has 4 N–H and O–H groups in total. The monoisotopic (exact) mass is 257 g/mol. The van der Waals surface area contributed by atoms with Crippen LogP contribution in [0, 0.1) is 11.8 Å². The number of rotatable bonds is 3. The Bertz CT molecular complexity index is 322. The normalized spacial score (nSPS) is 35.9. The second-order valence-electron chi connectivity index (χ2n) is 4.89. The zero-order chi connectivity index (χ0) is 13.9. The van der Waals surface area contributed by atoms with E-state index in [9.17, 15) is 9.59 Å². The van der Waals surface area contributed by atoms with E-state index in [1.54, 1.807) is 7.05 Å². The van der Waals surface area contributed by atoms with E-state index in [0.717, 1.165) is 0 Å². The molecule has 6 nitrogen and oxygen atoms in total. The highest BCUT2D eigenvalue weighted by Gasteiger charge is 2.44. The van der Waals surface area contributed by atoms with E-state index in [1.165, 1.54) is 6.92 Å². The summed E-state index contributed by atoms with van der Waals surface area (Å²) in [5.41, 5.74) is 5.66. The van der Waals surface area contributed by atoms with E-state index >= 15 is 0 Å². The number of carbonyl (C=O) groups excluding carboxylic acids is 2. The number of carbonyl (C=O) groups is 2. The molecule has 0 aromatic heterocycles. The lowest BCUT2D eigenvalue weighted by Crippen LogP contribution is -2.62. The van der Waals surface area contributed by atoms with Crippen LogP contribution < -0.4 is 16.4 Å². The molecule has 1 heterocycles. The first kappa shape index (κ1) is 14.9. The van der Waals surface area contributed by atoms with E-state index in [1.807, 2.05) is 13.8 Å². The molecule has 1 saturated heterocycles. The van der Waals surface area contributed by atoms with E-state index in [-0.39, 0.29) is 35.8 Å². The van der Waals surface area contributed by atoms with E-state index in [4.69, 9.17) is 10.5 Å². The molecule has 0 saturated carbocycles. The molecule has 1 rings (SSSR count). The standard InChI is InChI=1S/C12H23N3O3/c1-6-7(2)10(15-8(3)16)11(12(17)14-4)18-9(6)5-13/h6-7,9-11H,5,13H2,1-4H3,(H,14,17)(H,15,16)/t6-,7-,9-,10+,11-/m1/s1. The van der Waals surface area contributed by atoms with Crippen molar-refractivity contribution in [1.29, 1.82) is 0 Å². The molecule has 0 aromatic carbocycles. The van der Waals surface area contributed by atoms with Gasteiger partial charge in [-0.15, -0.1) is 0 Å². The highest BCUT2D eigenvalue weighted by molar-refractivity contribution is 5.83. The first-order chi connectivity index (χ1) is 8.42. The molecule has 0 bridgehead atoms. The summed E-state index contributed by atoms with van der Waals surface area (Å²) >= 11 is 0. The van der Waals surface area contributed by atoms with Crippen LogP contribution in [0.2, 0.25) is 0 Å². The van der Waals surface area contributed by atoms with Crippen molar-refractivity contribution in [1.82, 2.24) is 10.6 Å². The van der Waals surface area contributed by atoms with Gasteiger partial charge in [-0.3, -0.25) is 9.59 Å². The van der Waals surface area contributed by atoms with Gasteiger partial charge in [-0.2, -0.15) is 0 Å². The number of nitrogens with two attached hydrogens (primary N) is 1. The fourth-order valence-corrected chi connectivity index (χ4v) is 2.42. The van der Waals surface area contributed by atoms with Crippen molar-refractivity contribution in [2.45, 2.75) is 39.0 Å². The van der Waals surface area contributed by atoms with Gasteiger partial charge in [0.15, 0.2) is 6.10 Å². The Morgan fingerprint density at radius 3 is 2.33 bits per heavy atom. The lowest BCUT2D eigenvalue weighted by atomic mass is 9.79. The molecule has 0 spiro atoms. The predicted molar refractivity (Wildman–Crippen MR) is 67.7 cm³/mol. The van der Waals surface area contributed by atoms with Crippen LogP contribution in [-0.2, 0) is 14.3 Å². The number of hydrogen-bond donors (Lipinski definition) is 3. The predicted octanol–water partition coefficient (Wildman–Crippen LogP) is -0.765. The maximum Gasteiger partial charge on any atom is 0.251 e. The van der Waals surface area contributed by atoms with Crippen LogP contribution in [-0.4, -0.2) is 43.7 Å². The Hall–Kier alpha value is -1.14. The van der Waals surface area contributed by atoms with Gasteiger partial charge >= 0.3 is 0 Å². The first-order valence-corrected chi connectivity index (χ1v) is 6.26. The number of likely N-dealkylation sites (N-methyl/N-ethyl adjacent to an activating group) is 1. The largest absolute Gasteiger partial charge is 0.361 e. The van der Waals surface area contributed by atoms with Crippen molar-refractivity contribution in [2.75, 3.05) is 13.6 Å². The summed E-state index contributed by atoms with van der Waals surface area (Å²) in [5, 5.41) is 5.37. The highest BCUT2D eigenvalue weighted by atomic mass is 16.5. The second-order valence-corrected chi connectivity index (χ2v) is 4.89. The fourth-order valence-electron chi connectivity index (χ4n) is 2.42. The zero-order valence-electron chi connectivity index (χ0n) is 11.4. The molecule has 0 radical (unpaired) electrons. The van der Waals surface area contributed by atoms with Gasteiger partial charge in [0.25, 0.3) is 5.91 Å². The van der Waals surface area contributed by atoms with Gasteiger partial charge in [0, 0.05) is 20.5 Å². The van der Waals surface area contributed by atoms with Gasteiger partial charge in [0.05, 0.1) is 12.1 Å². The third kappa shape index (κ3) is 3.00.